The quantitative estimate of drug-likeness (QED) is 0.382. The number of ether oxygens (including phenoxy) is 1. The summed E-state index contributed by atoms with van der Waals surface area (Å²) in [5, 5.41) is 24.3. The van der Waals surface area contributed by atoms with E-state index in [1.54, 1.807) is 44.2 Å². The zero-order chi connectivity index (χ0) is 27.7. The van der Waals surface area contributed by atoms with Crippen molar-refractivity contribution in [2.24, 2.45) is 5.92 Å². The first-order valence-corrected chi connectivity index (χ1v) is 13.6. The van der Waals surface area contributed by atoms with Crippen LogP contribution in [0.5, 0.6) is 5.75 Å². The van der Waals surface area contributed by atoms with Crippen LogP contribution in [-0.4, -0.2) is 64.8 Å². The fourth-order valence-corrected chi connectivity index (χ4v) is 5.50. The number of halogens is 4. The number of alkyl halides is 2. The first-order chi connectivity index (χ1) is 17.8. The standard InChI is InChI=1S/C28H34Cl2F2N2O4/c1-27(2,37)16-38-24-8-6-18(14-22(24)30)25(35)23(15-34-9-3-4-10-34)33-26(36)28(31,32)20-11-17-5-7-21(29)13-19(17)12-20/h5-8,13-14,20,23,25,35,37H,3-4,9-12,15-16H2,1-2H3,(H,33,36). The van der Waals surface area contributed by atoms with Crippen molar-refractivity contribution in [1.82, 2.24) is 10.2 Å². The SMILES string of the molecule is CC(C)(O)COc1ccc(C(O)C(CN2CCCC2)NC(=O)C(F)(F)C2Cc3ccc(Cl)cc3C2)cc1Cl. The third-order valence-electron chi connectivity index (χ3n) is 7.15. The van der Waals surface area contributed by atoms with Gasteiger partial charge in [0.25, 0.3) is 5.91 Å². The van der Waals surface area contributed by atoms with Crippen molar-refractivity contribution < 1.29 is 28.5 Å². The molecule has 1 aliphatic carbocycles. The number of rotatable bonds is 10. The van der Waals surface area contributed by atoms with E-state index in [9.17, 15) is 15.0 Å². The molecule has 1 amide bonds. The normalized spacial score (nSPS) is 19.7. The van der Waals surface area contributed by atoms with Crippen molar-refractivity contribution in [2.45, 2.75) is 63.2 Å². The summed E-state index contributed by atoms with van der Waals surface area (Å²) in [5.41, 5.74) is 0.790. The summed E-state index contributed by atoms with van der Waals surface area (Å²) in [6.45, 7) is 4.95. The van der Waals surface area contributed by atoms with E-state index >= 15 is 8.78 Å². The van der Waals surface area contributed by atoms with Crippen LogP contribution in [0.1, 0.15) is 49.5 Å². The molecule has 2 aromatic carbocycles. The summed E-state index contributed by atoms with van der Waals surface area (Å²) >= 11 is 12.4. The highest BCUT2D eigenvalue weighted by Crippen LogP contribution is 2.39. The van der Waals surface area contributed by atoms with Crippen LogP contribution in [0.4, 0.5) is 8.78 Å². The lowest BCUT2D eigenvalue weighted by atomic mass is 9.95. The van der Waals surface area contributed by atoms with E-state index in [4.69, 9.17) is 27.9 Å². The predicted molar refractivity (Wildman–Crippen MR) is 143 cm³/mol. The van der Waals surface area contributed by atoms with Crippen molar-refractivity contribution in [3.8, 4) is 5.75 Å². The van der Waals surface area contributed by atoms with Crippen LogP contribution in [-0.2, 0) is 17.6 Å². The molecule has 0 aromatic heterocycles. The van der Waals surface area contributed by atoms with Gasteiger partial charge in [0, 0.05) is 17.5 Å². The van der Waals surface area contributed by atoms with E-state index in [0.717, 1.165) is 37.1 Å². The number of hydrogen-bond donors (Lipinski definition) is 3. The first-order valence-electron chi connectivity index (χ1n) is 12.8. The third kappa shape index (κ3) is 6.96. The van der Waals surface area contributed by atoms with E-state index in [2.05, 4.69) is 5.32 Å². The molecular formula is C28H34Cl2F2N2O4. The summed E-state index contributed by atoms with van der Waals surface area (Å²) in [4.78, 5) is 15.0. The average Bonchev–Trinajstić information content (AvgIpc) is 3.51. The van der Waals surface area contributed by atoms with Crippen molar-refractivity contribution >= 4 is 29.1 Å². The topological polar surface area (TPSA) is 82.0 Å². The van der Waals surface area contributed by atoms with E-state index in [1.165, 1.54) is 6.07 Å². The van der Waals surface area contributed by atoms with Crippen LogP contribution in [0.2, 0.25) is 10.0 Å². The van der Waals surface area contributed by atoms with Gasteiger partial charge in [-0.1, -0.05) is 35.3 Å². The zero-order valence-corrected chi connectivity index (χ0v) is 23.0. The summed E-state index contributed by atoms with van der Waals surface area (Å²) in [6, 6.07) is 8.70. The summed E-state index contributed by atoms with van der Waals surface area (Å²) < 4.78 is 36.4. The lowest BCUT2D eigenvalue weighted by Gasteiger charge is -2.31. The molecule has 0 saturated carbocycles. The fraction of sp³-hybridized carbons (Fsp3) is 0.536. The Morgan fingerprint density at radius 1 is 1.13 bits per heavy atom. The molecule has 0 radical (unpaired) electrons. The number of aliphatic hydroxyl groups excluding tert-OH is 1. The van der Waals surface area contributed by atoms with Gasteiger partial charge >= 0.3 is 5.92 Å². The zero-order valence-electron chi connectivity index (χ0n) is 21.5. The van der Waals surface area contributed by atoms with Gasteiger partial charge in [0.05, 0.1) is 16.7 Å². The average molecular weight is 571 g/mol. The minimum atomic E-state index is -3.64. The smallest absolute Gasteiger partial charge is 0.327 e. The van der Waals surface area contributed by atoms with Crippen LogP contribution in [0.3, 0.4) is 0 Å². The maximum absolute atomic E-state index is 15.4. The van der Waals surface area contributed by atoms with E-state index in [1.807, 2.05) is 4.90 Å². The van der Waals surface area contributed by atoms with Gasteiger partial charge in [0.15, 0.2) is 0 Å². The summed E-state index contributed by atoms with van der Waals surface area (Å²) in [7, 11) is 0. The van der Waals surface area contributed by atoms with Crippen molar-refractivity contribution in [3.63, 3.8) is 0 Å². The second-order valence-corrected chi connectivity index (χ2v) is 11.8. The highest BCUT2D eigenvalue weighted by Gasteiger charge is 2.50. The predicted octanol–water partition coefficient (Wildman–Crippen LogP) is 4.81. The van der Waals surface area contributed by atoms with Crippen LogP contribution < -0.4 is 10.1 Å². The molecule has 6 nitrogen and oxygen atoms in total. The Labute approximate surface area is 231 Å². The molecule has 38 heavy (non-hydrogen) atoms. The van der Waals surface area contributed by atoms with Gasteiger partial charge in [-0.05, 0) is 93.6 Å². The number of fused-ring (bicyclic) bond motifs is 1. The Hall–Kier alpha value is -1.97. The molecule has 4 rings (SSSR count). The van der Waals surface area contributed by atoms with Crippen LogP contribution in [0, 0.1) is 5.92 Å². The van der Waals surface area contributed by atoms with Gasteiger partial charge in [0.1, 0.15) is 18.5 Å². The van der Waals surface area contributed by atoms with Gasteiger partial charge < -0.3 is 25.2 Å². The largest absolute Gasteiger partial charge is 0.489 e. The maximum atomic E-state index is 15.4. The van der Waals surface area contributed by atoms with Gasteiger partial charge in [-0.25, -0.2) is 0 Å². The second-order valence-electron chi connectivity index (χ2n) is 11.0. The van der Waals surface area contributed by atoms with Crippen LogP contribution >= 0.6 is 23.2 Å². The number of carbonyl (C=O) groups excluding carboxylic acids is 1. The molecule has 10 heteroatoms. The van der Waals surface area contributed by atoms with Crippen LogP contribution in [0.15, 0.2) is 36.4 Å². The number of hydrogen-bond acceptors (Lipinski definition) is 5. The van der Waals surface area contributed by atoms with E-state index in [0.29, 0.717) is 16.3 Å². The number of nitrogens with zero attached hydrogens (tertiary/aromatic N) is 1. The number of benzene rings is 2. The Morgan fingerprint density at radius 3 is 2.47 bits per heavy atom. The number of carbonyl (C=O) groups is 1. The molecule has 0 bridgehead atoms. The van der Waals surface area contributed by atoms with E-state index in [-0.39, 0.29) is 31.0 Å². The molecule has 2 aromatic rings. The van der Waals surface area contributed by atoms with Gasteiger partial charge in [0.2, 0.25) is 0 Å². The Bertz CT molecular complexity index is 1150. The highest BCUT2D eigenvalue weighted by atomic mass is 35.5. The number of likely N-dealkylation sites (tertiary alicyclic amines) is 1. The molecule has 1 heterocycles. The highest BCUT2D eigenvalue weighted by molar-refractivity contribution is 6.32. The number of nitrogens with one attached hydrogen (secondary N) is 1. The minimum absolute atomic E-state index is 0.00852. The van der Waals surface area contributed by atoms with Crippen LogP contribution in [0.25, 0.3) is 0 Å². The Balaban J connectivity index is 1.49. The molecule has 3 atom stereocenters. The summed E-state index contributed by atoms with van der Waals surface area (Å²) in [6.07, 6.45) is 0.783. The molecule has 1 aliphatic heterocycles. The molecule has 3 unspecified atom stereocenters. The van der Waals surface area contributed by atoms with Gasteiger partial charge in [-0.15, -0.1) is 0 Å². The molecule has 208 valence electrons. The Morgan fingerprint density at radius 2 is 1.82 bits per heavy atom. The molecule has 0 spiro atoms. The summed E-state index contributed by atoms with van der Waals surface area (Å²) in [5.74, 6) is -5.92. The van der Waals surface area contributed by atoms with Crippen molar-refractivity contribution in [2.75, 3.05) is 26.2 Å². The molecule has 1 saturated heterocycles. The first kappa shape index (κ1) is 29.0. The van der Waals surface area contributed by atoms with E-state index < -0.39 is 35.5 Å². The third-order valence-corrected chi connectivity index (χ3v) is 7.68. The molecule has 1 fully saturated rings. The molecular weight excluding hydrogens is 537 g/mol. The van der Waals surface area contributed by atoms with Gasteiger partial charge in [-0.2, -0.15) is 8.78 Å². The molecule has 2 aliphatic rings. The lowest BCUT2D eigenvalue weighted by molar-refractivity contribution is -0.155. The van der Waals surface area contributed by atoms with Gasteiger partial charge in [-0.3, -0.25) is 4.79 Å². The van der Waals surface area contributed by atoms with Crippen molar-refractivity contribution in [3.05, 3.63) is 63.1 Å². The Kier molecular flexibility index (Phi) is 8.89. The monoisotopic (exact) mass is 570 g/mol. The minimum Gasteiger partial charge on any atom is -0.489 e. The number of aliphatic hydroxyl groups is 2. The number of amides is 1. The second kappa shape index (κ2) is 11.6. The molecule has 3 N–H and O–H groups in total. The maximum Gasteiger partial charge on any atom is 0.327 e. The fourth-order valence-electron chi connectivity index (χ4n) is 5.07. The lowest BCUT2D eigenvalue weighted by Crippen LogP contribution is -2.54. The van der Waals surface area contributed by atoms with Crippen molar-refractivity contribution in [1.29, 1.82) is 0 Å².